The number of aliphatic imine (C=N–C) groups is 1. The van der Waals surface area contributed by atoms with Crippen molar-refractivity contribution in [2.45, 2.75) is 39.8 Å². The van der Waals surface area contributed by atoms with Crippen molar-refractivity contribution in [3.63, 3.8) is 0 Å². The summed E-state index contributed by atoms with van der Waals surface area (Å²) < 4.78 is 0. The molecule has 5 nitrogen and oxygen atoms in total. The normalized spacial score (nSPS) is 24.1. The molecule has 1 aromatic heterocycles. The van der Waals surface area contributed by atoms with Crippen LogP contribution in [-0.2, 0) is 0 Å². The Morgan fingerprint density at radius 1 is 1.34 bits per heavy atom. The van der Waals surface area contributed by atoms with Crippen LogP contribution in [0.25, 0.3) is 5.70 Å². The Morgan fingerprint density at radius 2 is 2.14 bits per heavy atom. The van der Waals surface area contributed by atoms with Crippen LogP contribution < -0.4 is 10.7 Å². The van der Waals surface area contributed by atoms with Gasteiger partial charge in [-0.3, -0.25) is 15.4 Å². The topological polar surface area (TPSA) is 42.9 Å². The van der Waals surface area contributed by atoms with E-state index in [1.807, 2.05) is 0 Å². The monoisotopic (exact) mass is 411 g/mol. The van der Waals surface area contributed by atoms with Gasteiger partial charge in [0, 0.05) is 23.4 Å². The third-order valence-corrected chi connectivity index (χ3v) is 6.44. The summed E-state index contributed by atoms with van der Waals surface area (Å²) >= 11 is 1.80. The molecule has 3 rings (SSSR count). The van der Waals surface area contributed by atoms with Crippen molar-refractivity contribution >= 4 is 27.9 Å². The summed E-state index contributed by atoms with van der Waals surface area (Å²) in [6.45, 7) is 12.7. The molecule has 156 valence electrons. The first-order valence-electron chi connectivity index (χ1n) is 10.2. The largest absolute Gasteiger partial charge is 0.351 e. The summed E-state index contributed by atoms with van der Waals surface area (Å²) in [7, 11) is 4.19. The van der Waals surface area contributed by atoms with Gasteiger partial charge >= 0.3 is 0 Å². The molecule has 2 aliphatic heterocycles. The number of anilines is 1. The number of rotatable bonds is 4. The van der Waals surface area contributed by atoms with Crippen molar-refractivity contribution in [3.8, 4) is 0 Å². The lowest BCUT2D eigenvalue weighted by Gasteiger charge is -2.41. The SMILES string of the molecule is C=C1c2c(sc(C)c2C)NC2C(=CC)/C=C\C=C/CC(=NCCCN(C)C)NN12. The summed E-state index contributed by atoms with van der Waals surface area (Å²) in [5, 5.41) is 7.06. The van der Waals surface area contributed by atoms with E-state index in [0.717, 1.165) is 37.5 Å². The minimum Gasteiger partial charge on any atom is -0.351 e. The van der Waals surface area contributed by atoms with Crippen LogP contribution in [0.15, 0.2) is 47.5 Å². The number of fused-ring (bicyclic) bond motifs is 2. The molecule has 0 saturated heterocycles. The quantitative estimate of drug-likeness (QED) is 0.705. The fourth-order valence-corrected chi connectivity index (χ4v) is 4.67. The molecule has 0 saturated carbocycles. The molecule has 0 aliphatic carbocycles. The number of thiophene rings is 1. The second kappa shape index (κ2) is 9.46. The molecule has 0 fully saturated rings. The van der Waals surface area contributed by atoms with E-state index in [2.05, 4.69) is 92.5 Å². The number of hydrogen-bond donors (Lipinski definition) is 2. The number of nitrogens with one attached hydrogen (secondary N) is 2. The van der Waals surface area contributed by atoms with Gasteiger partial charge in [-0.25, -0.2) is 0 Å². The molecule has 2 aliphatic rings. The second-order valence-corrected chi connectivity index (χ2v) is 8.95. The zero-order valence-electron chi connectivity index (χ0n) is 18.2. The van der Waals surface area contributed by atoms with E-state index in [1.54, 1.807) is 11.3 Å². The molecule has 0 bridgehead atoms. The summed E-state index contributed by atoms with van der Waals surface area (Å²) in [6.07, 6.45) is 12.4. The number of nitrogens with zero attached hydrogens (tertiary/aromatic N) is 3. The summed E-state index contributed by atoms with van der Waals surface area (Å²) in [5.74, 6) is 0.965. The van der Waals surface area contributed by atoms with Gasteiger partial charge < -0.3 is 10.2 Å². The van der Waals surface area contributed by atoms with Crippen molar-refractivity contribution in [3.05, 3.63) is 58.5 Å². The van der Waals surface area contributed by atoms with Crippen molar-refractivity contribution in [1.29, 1.82) is 0 Å². The maximum Gasteiger partial charge on any atom is 0.145 e. The van der Waals surface area contributed by atoms with Crippen LogP contribution in [0.3, 0.4) is 0 Å². The maximum absolute atomic E-state index is 4.87. The zero-order chi connectivity index (χ0) is 21.0. The molecule has 2 N–H and O–H groups in total. The zero-order valence-corrected chi connectivity index (χ0v) is 19.1. The van der Waals surface area contributed by atoms with Crippen LogP contribution in [-0.4, -0.2) is 49.1 Å². The van der Waals surface area contributed by atoms with Crippen LogP contribution in [0.4, 0.5) is 5.00 Å². The Hall–Kier alpha value is -2.31. The fourth-order valence-electron chi connectivity index (χ4n) is 3.56. The van der Waals surface area contributed by atoms with Gasteiger partial charge in [0.1, 0.15) is 17.0 Å². The van der Waals surface area contributed by atoms with E-state index in [0.29, 0.717) is 0 Å². The molecule has 0 aromatic carbocycles. The third-order valence-electron chi connectivity index (χ3n) is 5.30. The number of amidine groups is 1. The minimum atomic E-state index is -0.0350. The van der Waals surface area contributed by atoms with Gasteiger partial charge in [0.25, 0.3) is 0 Å². The molecule has 0 amide bonds. The highest BCUT2D eigenvalue weighted by atomic mass is 32.1. The van der Waals surface area contributed by atoms with Crippen LogP contribution in [0.2, 0.25) is 0 Å². The average molecular weight is 412 g/mol. The Balaban J connectivity index is 1.94. The molecule has 1 atom stereocenters. The lowest BCUT2D eigenvalue weighted by molar-refractivity contribution is 0.307. The van der Waals surface area contributed by atoms with Gasteiger partial charge in [-0.1, -0.05) is 37.0 Å². The Kier molecular flexibility index (Phi) is 6.98. The first-order valence-corrected chi connectivity index (χ1v) is 11.0. The van der Waals surface area contributed by atoms with Gasteiger partial charge in [-0.15, -0.1) is 11.3 Å². The molecular weight excluding hydrogens is 378 g/mol. The van der Waals surface area contributed by atoms with Gasteiger partial charge in [0.2, 0.25) is 0 Å². The molecular formula is C23H33N5S. The number of hydrazine groups is 1. The third kappa shape index (κ3) is 4.82. The molecule has 6 heteroatoms. The van der Waals surface area contributed by atoms with Gasteiger partial charge in [0.15, 0.2) is 0 Å². The van der Waals surface area contributed by atoms with Gasteiger partial charge in [-0.05, 0) is 59.0 Å². The van der Waals surface area contributed by atoms with Crippen LogP contribution in [0.5, 0.6) is 0 Å². The Morgan fingerprint density at radius 3 is 2.86 bits per heavy atom. The highest BCUT2D eigenvalue weighted by Gasteiger charge is 2.33. The van der Waals surface area contributed by atoms with Crippen LogP contribution in [0, 0.1) is 13.8 Å². The van der Waals surface area contributed by atoms with Crippen LogP contribution in [0.1, 0.15) is 35.8 Å². The highest BCUT2D eigenvalue weighted by Crippen LogP contribution is 2.42. The smallest absolute Gasteiger partial charge is 0.145 e. The average Bonchev–Trinajstić information content (AvgIpc) is 2.97. The van der Waals surface area contributed by atoms with Gasteiger partial charge in [0.05, 0.1) is 5.70 Å². The lowest BCUT2D eigenvalue weighted by Crippen LogP contribution is -2.53. The molecule has 1 aromatic rings. The Bertz CT molecular complexity index is 872. The first kappa shape index (κ1) is 21.4. The standard InChI is InChI=1S/C23H33N5S/c1-7-19-12-9-8-10-13-20(24-14-11-15-27(5)6)26-28-17(3)21-16(2)18(4)29-23(21)25-22(19)28/h7-10,12,22,25H,3,11,13-15H2,1-2,4-6H3,(H,24,26)/b10-8-,12-9-,19-7?. The fraction of sp³-hybridized carbons (Fsp3) is 0.435. The van der Waals surface area contributed by atoms with Crippen molar-refractivity contribution in [2.75, 3.05) is 32.5 Å². The highest BCUT2D eigenvalue weighted by molar-refractivity contribution is 7.16. The molecule has 0 radical (unpaired) electrons. The molecule has 3 heterocycles. The summed E-state index contributed by atoms with van der Waals surface area (Å²) in [5.41, 5.74) is 8.27. The van der Waals surface area contributed by atoms with E-state index in [-0.39, 0.29) is 6.17 Å². The maximum atomic E-state index is 4.87. The second-order valence-electron chi connectivity index (χ2n) is 7.73. The van der Waals surface area contributed by atoms with E-state index in [1.165, 1.54) is 26.6 Å². The van der Waals surface area contributed by atoms with E-state index in [4.69, 9.17) is 4.99 Å². The van der Waals surface area contributed by atoms with Crippen LogP contribution >= 0.6 is 11.3 Å². The molecule has 1 unspecified atom stereocenters. The lowest BCUT2D eigenvalue weighted by atomic mass is 10.0. The van der Waals surface area contributed by atoms with E-state index < -0.39 is 0 Å². The number of hydrogen-bond acceptors (Lipinski definition) is 5. The molecule has 29 heavy (non-hydrogen) atoms. The van der Waals surface area contributed by atoms with Crippen molar-refractivity contribution in [1.82, 2.24) is 15.3 Å². The molecule has 0 spiro atoms. The van der Waals surface area contributed by atoms with E-state index in [9.17, 15) is 0 Å². The predicted octanol–water partition coefficient (Wildman–Crippen LogP) is 4.71. The van der Waals surface area contributed by atoms with Crippen molar-refractivity contribution < 1.29 is 0 Å². The summed E-state index contributed by atoms with van der Waals surface area (Å²) in [6, 6.07) is 0. The van der Waals surface area contributed by atoms with Crippen molar-refractivity contribution in [2.24, 2.45) is 4.99 Å². The summed E-state index contributed by atoms with van der Waals surface area (Å²) in [4.78, 5) is 8.38. The van der Waals surface area contributed by atoms with Gasteiger partial charge in [-0.2, -0.15) is 0 Å². The number of allylic oxidation sites excluding steroid dienone is 3. The number of aryl methyl sites for hydroxylation is 1. The van der Waals surface area contributed by atoms with E-state index >= 15 is 0 Å². The Labute approximate surface area is 179 Å². The predicted molar refractivity (Wildman–Crippen MR) is 127 cm³/mol. The minimum absolute atomic E-state index is 0.0350. The first-order chi connectivity index (χ1) is 13.9.